The second kappa shape index (κ2) is 5.56. The topological polar surface area (TPSA) is 17.1 Å². The summed E-state index contributed by atoms with van der Waals surface area (Å²) in [6, 6.07) is 0. The summed E-state index contributed by atoms with van der Waals surface area (Å²) in [7, 11) is 0. The number of hydrogen-bond donors (Lipinski definition) is 0. The Kier molecular flexibility index (Phi) is 5.04. The zero-order valence-electron chi connectivity index (χ0n) is 8.58. The summed E-state index contributed by atoms with van der Waals surface area (Å²) in [4.78, 5) is 11.9. The summed E-state index contributed by atoms with van der Waals surface area (Å²) in [6.45, 7) is 2.11. The minimum atomic E-state index is 0.353. The molecule has 0 heterocycles. The Bertz CT molecular complexity index is 178. The van der Waals surface area contributed by atoms with Gasteiger partial charge in [0.1, 0.15) is 0 Å². The van der Waals surface area contributed by atoms with Crippen LogP contribution in [0.2, 0.25) is 15.4 Å². The van der Waals surface area contributed by atoms with E-state index in [4.69, 9.17) is 0 Å². The van der Waals surface area contributed by atoms with Gasteiger partial charge in [-0.1, -0.05) is 0 Å². The third-order valence-electron chi connectivity index (χ3n) is 2.80. The van der Waals surface area contributed by atoms with Crippen LogP contribution in [0, 0.1) is 11.8 Å². The Balaban J connectivity index is 2.61. The van der Waals surface area contributed by atoms with Crippen molar-refractivity contribution in [1.29, 1.82) is 0 Å². The Hall–Kier alpha value is 0.709. The summed E-state index contributed by atoms with van der Waals surface area (Å²) < 4.78 is 0.773. The predicted molar refractivity (Wildman–Crippen MR) is 58.5 cm³/mol. The number of rotatable bonds is 3. The first-order chi connectivity index (χ1) is 6.20. The van der Waals surface area contributed by atoms with E-state index in [9.17, 15) is 4.79 Å². The van der Waals surface area contributed by atoms with E-state index in [1.165, 1.54) is 12.8 Å². The van der Waals surface area contributed by atoms with Crippen molar-refractivity contribution < 1.29 is 4.79 Å². The molecule has 0 spiro atoms. The van der Waals surface area contributed by atoms with E-state index in [-0.39, 0.29) is 0 Å². The van der Waals surface area contributed by atoms with E-state index in [1.54, 1.807) is 0 Å². The van der Waals surface area contributed by atoms with Crippen LogP contribution in [0.3, 0.4) is 0 Å². The van der Waals surface area contributed by atoms with Gasteiger partial charge in [0.05, 0.1) is 0 Å². The molecule has 13 heavy (non-hydrogen) atoms. The molecule has 0 aromatic heterocycles. The molecular formula is C10H18OSe2. The van der Waals surface area contributed by atoms with Gasteiger partial charge in [-0.25, -0.2) is 0 Å². The molecule has 76 valence electrons. The predicted octanol–water partition coefficient (Wildman–Crippen LogP) is 2.24. The van der Waals surface area contributed by atoms with E-state index in [0.717, 1.165) is 10.1 Å². The molecule has 0 aliphatic heterocycles. The van der Waals surface area contributed by atoms with Crippen LogP contribution in [0.5, 0.6) is 0 Å². The summed E-state index contributed by atoms with van der Waals surface area (Å²) >= 11 is 1.35. The first-order valence-corrected chi connectivity index (χ1v) is 10.2. The van der Waals surface area contributed by atoms with E-state index in [0.29, 0.717) is 47.5 Å². The van der Waals surface area contributed by atoms with Crippen molar-refractivity contribution in [3.05, 3.63) is 0 Å². The molecule has 1 aliphatic carbocycles. The fourth-order valence-electron chi connectivity index (χ4n) is 1.99. The fraction of sp³-hybridized carbons (Fsp3) is 0.900. The average molecular weight is 312 g/mol. The van der Waals surface area contributed by atoms with Crippen molar-refractivity contribution in [3.8, 4) is 0 Å². The zero-order chi connectivity index (χ0) is 9.84. The first-order valence-electron chi connectivity index (χ1n) is 4.80. The number of Topliss-reactive ketones (excluding diaryl/α,β-unsaturated/α-hetero) is 1. The first kappa shape index (κ1) is 11.8. The quantitative estimate of drug-likeness (QED) is 0.731. The minimum absolute atomic E-state index is 0.353. The molecule has 0 aromatic carbocycles. The van der Waals surface area contributed by atoms with Gasteiger partial charge in [-0.2, -0.15) is 0 Å². The molecule has 1 saturated carbocycles. The number of ketones is 1. The van der Waals surface area contributed by atoms with Crippen LogP contribution in [0.1, 0.15) is 26.2 Å². The van der Waals surface area contributed by atoms with E-state index in [1.807, 2.05) is 0 Å². The second-order valence-electron chi connectivity index (χ2n) is 3.68. The third-order valence-corrected chi connectivity index (χ3v) is 10.3. The Morgan fingerprint density at radius 3 is 2.46 bits per heavy atom. The normalized spacial score (nSPS) is 29.7. The van der Waals surface area contributed by atoms with Crippen molar-refractivity contribution in [2.45, 2.75) is 41.5 Å². The fourth-order valence-corrected chi connectivity index (χ4v) is 7.00. The molecule has 0 amide bonds. The van der Waals surface area contributed by atoms with Crippen LogP contribution >= 0.6 is 0 Å². The van der Waals surface area contributed by atoms with Crippen molar-refractivity contribution >= 4 is 35.7 Å². The molecule has 1 rings (SSSR count). The summed E-state index contributed by atoms with van der Waals surface area (Å²) in [5.41, 5.74) is 0. The van der Waals surface area contributed by atoms with Gasteiger partial charge in [0.2, 0.25) is 0 Å². The van der Waals surface area contributed by atoms with Gasteiger partial charge in [0, 0.05) is 0 Å². The molecule has 2 atom stereocenters. The van der Waals surface area contributed by atoms with E-state index < -0.39 is 0 Å². The molecule has 0 aromatic rings. The number of carbonyl (C=O) groups excluding carboxylic acids is 1. The Labute approximate surface area is 93.7 Å². The van der Waals surface area contributed by atoms with Crippen molar-refractivity contribution in [1.82, 2.24) is 0 Å². The van der Waals surface area contributed by atoms with Crippen LogP contribution in [0.15, 0.2) is 0 Å². The Morgan fingerprint density at radius 2 is 1.92 bits per heavy atom. The van der Waals surface area contributed by atoms with Crippen LogP contribution in [-0.4, -0.2) is 35.7 Å². The van der Waals surface area contributed by atoms with Gasteiger partial charge in [-0.3, -0.25) is 0 Å². The zero-order valence-corrected chi connectivity index (χ0v) is 12.0. The second-order valence-corrected chi connectivity index (χ2v) is 9.30. The van der Waals surface area contributed by atoms with Crippen LogP contribution in [0.4, 0.5) is 0 Å². The average Bonchev–Trinajstić information content (AvgIpc) is 2.14. The van der Waals surface area contributed by atoms with Gasteiger partial charge in [0.25, 0.3) is 0 Å². The van der Waals surface area contributed by atoms with Crippen LogP contribution < -0.4 is 0 Å². The van der Waals surface area contributed by atoms with Gasteiger partial charge in [-0.15, -0.1) is 0 Å². The van der Waals surface area contributed by atoms with Crippen LogP contribution in [0.25, 0.3) is 0 Å². The van der Waals surface area contributed by atoms with Crippen molar-refractivity contribution in [2.75, 3.05) is 0 Å². The molecule has 3 heteroatoms. The molecule has 1 fully saturated rings. The van der Waals surface area contributed by atoms with Crippen LogP contribution in [-0.2, 0) is 4.79 Å². The molecule has 1 aliphatic rings. The summed E-state index contributed by atoms with van der Waals surface area (Å²) in [6.07, 6.45) is 3.59. The molecule has 2 unspecified atom stereocenters. The standard InChI is InChI=1S/C10H18OSe2/c1-7-5-4-6-8(9(7)11)10(12-2)13-3/h7-8,10H,4-6H2,1-3H3. The number of carbonyl (C=O) groups is 1. The molecule has 1 nitrogen and oxygen atoms in total. The summed E-state index contributed by atoms with van der Waals surface area (Å²) in [5, 5.41) is 0. The van der Waals surface area contributed by atoms with Gasteiger partial charge >= 0.3 is 93.9 Å². The molecule has 0 saturated heterocycles. The molecular weight excluding hydrogens is 294 g/mol. The van der Waals surface area contributed by atoms with Gasteiger partial charge in [-0.05, 0) is 0 Å². The maximum absolute atomic E-state index is 11.9. The molecule has 0 bridgehead atoms. The van der Waals surface area contributed by atoms with E-state index in [2.05, 4.69) is 18.6 Å². The van der Waals surface area contributed by atoms with E-state index >= 15 is 0 Å². The third kappa shape index (κ3) is 2.83. The van der Waals surface area contributed by atoms with Crippen molar-refractivity contribution in [2.24, 2.45) is 11.8 Å². The summed E-state index contributed by atoms with van der Waals surface area (Å²) in [5.74, 6) is 5.94. The Morgan fingerprint density at radius 1 is 1.31 bits per heavy atom. The SMILES string of the molecule is C[Se]C([Se]C)C1CCCC(C)C1=O. The van der Waals surface area contributed by atoms with Crippen molar-refractivity contribution in [3.63, 3.8) is 0 Å². The van der Waals surface area contributed by atoms with Gasteiger partial charge in [0.15, 0.2) is 0 Å². The monoisotopic (exact) mass is 314 g/mol. The maximum atomic E-state index is 11.9. The number of hydrogen-bond acceptors (Lipinski definition) is 1. The van der Waals surface area contributed by atoms with Gasteiger partial charge < -0.3 is 0 Å². The molecule has 0 N–H and O–H groups in total. The molecule has 0 radical (unpaired) electrons.